The van der Waals surface area contributed by atoms with Crippen LogP contribution >= 0.6 is 0 Å². The predicted octanol–water partition coefficient (Wildman–Crippen LogP) is 1.51. The monoisotopic (exact) mass is 263 g/mol. The van der Waals surface area contributed by atoms with Crippen molar-refractivity contribution in [3.8, 4) is 11.5 Å². The number of amides is 1. The number of piperidine rings is 1. The molecular formula is C14H17NO4. The van der Waals surface area contributed by atoms with Crippen LogP contribution in [0.15, 0.2) is 18.2 Å². The van der Waals surface area contributed by atoms with Crippen molar-refractivity contribution in [3.05, 3.63) is 23.8 Å². The molecule has 5 heteroatoms. The fraction of sp³-hybridized carbons (Fsp3) is 0.429. The standard InChI is InChI=1S/C14H17NO4/c1-18-11-5-6-13(19-2)12(8-11)14(17)15-7-3-4-10(16)9-15/h5-6,8H,3-4,7,9H2,1-2H3. The van der Waals surface area contributed by atoms with E-state index in [1.54, 1.807) is 30.2 Å². The van der Waals surface area contributed by atoms with E-state index < -0.39 is 0 Å². The van der Waals surface area contributed by atoms with Gasteiger partial charge in [-0.15, -0.1) is 0 Å². The van der Waals surface area contributed by atoms with Crippen LogP contribution in [-0.2, 0) is 4.79 Å². The van der Waals surface area contributed by atoms with Gasteiger partial charge >= 0.3 is 0 Å². The molecule has 0 unspecified atom stereocenters. The third-order valence-electron chi connectivity index (χ3n) is 3.18. The second-order valence-electron chi connectivity index (χ2n) is 4.44. The Hall–Kier alpha value is -2.04. The van der Waals surface area contributed by atoms with Crippen LogP contribution in [0.4, 0.5) is 0 Å². The number of hydrogen-bond acceptors (Lipinski definition) is 4. The number of carbonyl (C=O) groups is 2. The third kappa shape index (κ3) is 2.86. The molecule has 0 saturated carbocycles. The SMILES string of the molecule is COc1ccc(OC)c(C(=O)N2CCCC(=O)C2)c1. The van der Waals surface area contributed by atoms with Crippen LogP contribution in [-0.4, -0.2) is 43.9 Å². The Kier molecular flexibility index (Phi) is 4.04. The molecule has 0 N–H and O–H groups in total. The van der Waals surface area contributed by atoms with Crippen LogP contribution in [0.5, 0.6) is 11.5 Å². The van der Waals surface area contributed by atoms with Crippen LogP contribution in [0.2, 0.25) is 0 Å². The molecule has 1 aromatic rings. The molecule has 1 saturated heterocycles. The summed E-state index contributed by atoms with van der Waals surface area (Å²) in [5.41, 5.74) is 0.427. The molecule has 1 aliphatic heterocycles. The first kappa shape index (κ1) is 13.4. The lowest BCUT2D eigenvalue weighted by Crippen LogP contribution is -2.40. The normalized spacial score (nSPS) is 15.3. The molecule has 1 amide bonds. The summed E-state index contributed by atoms with van der Waals surface area (Å²) in [6, 6.07) is 5.06. The van der Waals surface area contributed by atoms with Crippen molar-refractivity contribution in [2.24, 2.45) is 0 Å². The first-order chi connectivity index (χ1) is 9.15. The molecule has 1 fully saturated rings. The Labute approximate surface area is 112 Å². The summed E-state index contributed by atoms with van der Waals surface area (Å²) in [6.07, 6.45) is 1.27. The molecule has 19 heavy (non-hydrogen) atoms. The number of methoxy groups -OCH3 is 2. The summed E-state index contributed by atoms with van der Waals surface area (Å²) in [5.74, 6) is 0.988. The molecule has 0 aromatic heterocycles. The molecule has 1 heterocycles. The molecule has 0 radical (unpaired) electrons. The third-order valence-corrected chi connectivity index (χ3v) is 3.18. The van der Waals surface area contributed by atoms with Crippen LogP contribution < -0.4 is 9.47 Å². The summed E-state index contributed by atoms with van der Waals surface area (Å²) in [5, 5.41) is 0. The van der Waals surface area contributed by atoms with Crippen molar-refractivity contribution in [1.82, 2.24) is 4.90 Å². The van der Waals surface area contributed by atoms with Gasteiger partial charge in [0.25, 0.3) is 5.91 Å². The van der Waals surface area contributed by atoms with Gasteiger partial charge in [-0.25, -0.2) is 0 Å². The zero-order valence-electron chi connectivity index (χ0n) is 11.1. The van der Waals surface area contributed by atoms with Gasteiger partial charge in [0, 0.05) is 13.0 Å². The van der Waals surface area contributed by atoms with E-state index in [-0.39, 0.29) is 18.2 Å². The summed E-state index contributed by atoms with van der Waals surface area (Å²) < 4.78 is 10.3. The highest BCUT2D eigenvalue weighted by Crippen LogP contribution is 2.26. The second-order valence-corrected chi connectivity index (χ2v) is 4.44. The maximum atomic E-state index is 12.4. The fourth-order valence-corrected chi connectivity index (χ4v) is 2.16. The summed E-state index contributed by atoms with van der Waals surface area (Å²) >= 11 is 0. The van der Waals surface area contributed by atoms with E-state index in [9.17, 15) is 9.59 Å². The van der Waals surface area contributed by atoms with Crippen molar-refractivity contribution in [2.45, 2.75) is 12.8 Å². The molecule has 5 nitrogen and oxygen atoms in total. The minimum Gasteiger partial charge on any atom is -0.497 e. The average Bonchev–Trinajstić information content (AvgIpc) is 2.45. The average molecular weight is 263 g/mol. The van der Waals surface area contributed by atoms with Crippen LogP contribution in [0, 0.1) is 0 Å². The first-order valence-electron chi connectivity index (χ1n) is 6.18. The summed E-state index contributed by atoms with van der Waals surface area (Å²) in [6.45, 7) is 0.782. The maximum Gasteiger partial charge on any atom is 0.258 e. The van der Waals surface area contributed by atoms with E-state index in [1.807, 2.05) is 0 Å². The quantitative estimate of drug-likeness (QED) is 0.829. The fourth-order valence-electron chi connectivity index (χ4n) is 2.16. The van der Waals surface area contributed by atoms with Gasteiger partial charge in [-0.1, -0.05) is 0 Å². The van der Waals surface area contributed by atoms with E-state index in [1.165, 1.54) is 7.11 Å². The second kappa shape index (κ2) is 5.73. The van der Waals surface area contributed by atoms with E-state index in [0.717, 1.165) is 6.42 Å². The molecule has 1 aromatic carbocycles. The highest BCUT2D eigenvalue weighted by molar-refractivity contribution is 5.99. The van der Waals surface area contributed by atoms with Crippen molar-refractivity contribution in [1.29, 1.82) is 0 Å². The molecule has 0 atom stereocenters. The Morgan fingerprint density at radius 3 is 2.68 bits per heavy atom. The Balaban J connectivity index is 2.28. The van der Waals surface area contributed by atoms with Gasteiger partial charge in [-0.3, -0.25) is 9.59 Å². The van der Waals surface area contributed by atoms with Crippen LogP contribution in [0.3, 0.4) is 0 Å². The van der Waals surface area contributed by atoms with E-state index in [2.05, 4.69) is 0 Å². The van der Waals surface area contributed by atoms with Gasteiger partial charge in [-0.05, 0) is 24.6 Å². The maximum absolute atomic E-state index is 12.4. The van der Waals surface area contributed by atoms with Crippen LogP contribution in [0.1, 0.15) is 23.2 Å². The number of likely N-dealkylation sites (tertiary alicyclic amines) is 1. The predicted molar refractivity (Wildman–Crippen MR) is 69.7 cm³/mol. The lowest BCUT2D eigenvalue weighted by molar-refractivity contribution is -0.121. The van der Waals surface area contributed by atoms with Crippen molar-refractivity contribution in [2.75, 3.05) is 27.3 Å². The van der Waals surface area contributed by atoms with Gasteiger partial charge < -0.3 is 14.4 Å². The van der Waals surface area contributed by atoms with Crippen LogP contribution in [0.25, 0.3) is 0 Å². The summed E-state index contributed by atoms with van der Waals surface area (Å²) in [7, 11) is 3.06. The number of rotatable bonds is 3. The lowest BCUT2D eigenvalue weighted by atomic mass is 10.1. The molecule has 2 rings (SSSR count). The zero-order chi connectivity index (χ0) is 13.8. The summed E-state index contributed by atoms with van der Waals surface area (Å²) in [4.78, 5) is 25.4. The highest BCUT2D eigenvalue weighted by Gasteiger charge is 2.25. The Morgan fingerprint density at radius 2 is 2.05 bits per heavy atom. The Morgan fingerprint density at radius 1 is 1.26 bits per heavy atom. The number of Topliss-reactive ketones (excluding diaryl/α,β-unsaturated/α-hetero) is 1. The van der Waals surface area contributed by atoms with Crippen molar-refractivity contribution < 1.29 is 19.1 Å². The van der Waals surface area contributed by atoms with Gasteiger partial charge in [0.1, 0.15) is 11.5 Å². The van der Waals surface area contributed by atoms with Crippen molar-refractivity contribution in [3.63, 3.8) is 0 Å². The molecule has 0 aliphatic carbocycles. The molecule has 0 spiro atoms. The smallest absolute Gasteiger partial charge is 0.258 e. The lowest BCUT2D eigenvalue weighted by Gasteiger charge is -2.26. The topological polar surface area (TPSA) is 55.8 Å². The minimum atomic E-state index is -0.191. The minimum absolute atomic E-state index is 0.0986. The largest absolute Gasteiger partial charge is 0.497 e. The highest BCUT2D eigenvalue weighted by atomic mass is 16.5. The van der Waals surface area contributed by atoms with E-state index in [4.69, 9.17) is 9.47 Å². The number of ether oxygens (including phenoxy) is 2. The number of nitrogens with zero attached hydrogens (tertiary/aromatic N) is 1. The van der Waals surface area contributed by atoms with Gasteiger partial charge in [0.2, 0.25) is 0 Å². The number of hydrogen-bond donors (Lipinski definition) is 0. The molecular weight excluding hydrogens is 246 g/mol. The van der Waals surface area contributed by atoms with Gasteiger partial charge in [-0.2, -0.15) is 0 Å². The molecule has 0 bridgehead atoms. The number of ketones is 1. The first-order valence-corrected chi connectivity index (χ1v) is 6.18. The van der Waals surface area contributed by atoms with Gasteiger partial charge in [0.05, 0.1) is 26.3 Å². The van der Waals surface area contributed by atoms with Crippen molar-refractivity contribution >= 4 is 11.7 Å². The van der Waals surface area contributed by atoms with E-state index in [0.29, 0.717) is 30.0 Å². The molecule has 102 valence electrons. The Bertz CT molecular complexity index is 498. The molecule has 1 aliphatic rings. The zero-order valence-corrected chi connectivity index (χ0v) is 11.1. The number of carbonyl (C=O) groups excluding carboxylic acids is 2. The van der Waals surface area contributed by atoms with Gasteiger partial charge in [0.15, 0.2) is 5.78 Å². The number of benzene rings is 1. The van der Waals surface area contributed by atoms with E-state index >= 15 is 0 Å².